The molecule has 0 saturated carbocycles. The van der Waals surface area contributed by atoms with Crippen LogP contribution in [-0.4, -0.2) is 40.8 Å². The number of carbonyl (C=O) groups is 4. The number of urea groups is 1. The molecule has 1 aliphatic heterocycles. The lowest BCUT2D eigenvalue weighted by molar-refractivity contribution is -0.385. The number of amides is 3. The number of para-hydroxylation sites is 1. The van der Waals surface area contributed by atoms with Crippen LogP contribution in [0.2, 0.25) is 5.02 Å². The molecule has 1 fully saturated rings. The fourth-order valence-corrected chi connectivity index (χ4v) is 3.47. The Kier molecular flexibility index (Phi) is 7.02. The number of nitro groups is 1. The molecule has 0 atom stereocenters. The lowest BCUT2D eigenvalue weighted by Crippen LogP contribution is -2.30. The monoisotopic (exact) mass is 525 g/mol. The zero-order chi connectivity index (χ0) is 26.7. The first-order chi connectivity index (χ1) is 17.7. The van der Waals surface area contributed by atoms with Crippen LogP contribution < -0.4 is 10.1 Å². The predicted octanol–water partition coefficient (Wildman–Crippen LogP) is 3.94. The first-order valence-electron chi connectivity index (χ1n) is 10.4. The third-order valence-corrected chi connectivity index (χ3v) is 5.37. The average Bonchev–Trinajstić information content (AvgIpc) is 3.45. The van der Waals surface area contributed by atoms with Gasteiger partial charge in [0.25, 0.3) is 5.91 Å². The van der Waals surface area contributed by atoms with Crippen LogP contribution in [0.5, 0.6) is 5.75 Å². The lowest BCUT2D eigenvalue weighted by atomic mass is 10.1. The number of hydrogen-bond acceptors (Lipinski definition) is 9. The van der Waals surface area contributed by atoms with Crippen molar-refractivity contribution >= 4 is 47.2 Å². The number of esters is 2. The summed E-state index contributed by atoms with van der Waals surface area (Å²) in [5.74, 6) is -2.79. The Morgan fingerprint density at radius 2 is 1.84 bits per heavy atom. The Hall–Kier alpha value is -4.97. The van der Waals surface area contributed by atoms with Gasteiger partial charge in [-0.25, -0.2) is 14.4 Å². The maximum atomic E-state index is 12.9. The minimum Gasteiger partial charge on any atom is -0.463 e. The molecule has 3 amide bonds. The Labute approximate surface area is 213 Å². The number of imide groups is 1. The second-order valence-electron chi connectivity index (χ2n) is 7.49. The van der Waals surface area contributed by atoms with Crippen LogP contribution in [0.1, 0.15) is 32.2 Å². The zero-order valence-corrected chi connectivity index (χ0v) is 19.7. The minimum atomic E-state index is -0.895. The van der Waals surface area contributed by atoms with Crippen molar-refractivity contribution in [2.24, 2.45) is 0 Å². The van der Waals surface area contributed by atoms with Gasteiger partial charge < -0.3 is 19.2 Å². The topological polar surface area (TPSA) is 158 Å². The summed E-state index contributed by atoms with van der Waals surface area (Å²) in [5, 5.41) is 14.4. The molecule has 37 heavy (non-hydrogen) atoms. The molecular weight excluding hydrogens is 510 g/mol. The molecule has 1 aliphatic rings. The molecule has 2 heterocycles. The smallest absolute Gasteiger partial charge is 0.373 e. The third kappa shape index (κ3) is 5.33. The second-order valence-corrected chi connectivity index (χ2v) is 7.92. The SMILES string of the molecule is COC(=O)c1ccc(CN2C(=O)N/C(=C\c3cccc([N+](=O)[O-])c3OC(=O)c3ccc(Cl)cc3)C2=O)o1. The molecule has 0 bridgehead atoms. The van der Waals surface area contributed by atoms with Gasteiger partial charge in [0.05, 0.1) is 24.1 Å². The number of benzene rings is 2. The van der Waals surface area contributed by atoms with Crippen molar-refractivity contribution in [3.8, 4) is 5.75 Å². The number of hydrogen-bond donors (Lipinski definition) is 1. The van der Waals surface area contributed by atoms with Gasteiger partial charge in [-0.1, -0.05) is 23.7 Å². The minimum absolute atomic E-state index is 0.00649. The summed E-state index contributed by atoms with van der Waals surface area (Å²) in [7, 11) is 1.17. The van der Waals surface area contributed by atoms with Gasteiger partial charge in [-0.2, -0.15) is 0 Å². The highest BCUT2D eigenvalue weighted by molar-refractivity contribution is 6.30. The number of nitro benzene ring substituents is 1. The molecular formula is C24H16ClN3O9. The van der Waals surface area contributed by atoms with Crippen molar-refractivity contribution in [2.75, 3.05) is 7.11 Å². The molecule has 12 nitrogen and oxygen atoms in total. The highest BCUT2D eigenvalue weighted by Gasteiger charge is 2.35. The summed E-state index contributed by atoms with van der Waals surface area (Å²) in [6, 6.07) is 11.5. The summed E-state index contributed by atoms with van der Waals surface area (Å²) in [4.78, 5) is 61.2. The number of nitrogens with zero attached hydrogens (tertiary/aromatic N) is 2. The van der Waals surface area contributed by atoms with E-state index in [2.05, 4.69) is 10.1 Å². The molecule has 0 spiro atoms. The van der Waals surface area contributed by atoms with E-state index in [1.165, 1.54) is 55.6 Å². The number of rotatable bonds is 7. The van der Waals surface area contributed by atoms with Gasteiger partial charge in [0.15, 0.2) is 0 Å². The molecule has 1 N–H and O–H groups in total. The van der Waals surface area contributed by atoms with E-state index in [4.69, 9.17) is 20.8 Å². The zero-order valence-electron chi connectivity index (χ0n) is 18.9. The fourth-order valence-electron chi connectivity index (χ4n) is 3.35. The van der Waals surface area contributed by atoms with Crippen molar-refractivity contribution in [2.45, 2.75) is 6.54 Å². The van der Waals surface area contributed by atoms with E-state index < -0.39 is 40.2 Å². The molecule has 188 valence electrons. The van der Waals surface area contributed by atoms with Crippen LogP contribution in [0, 0.1) is 10.1 Å². The lowest BCUT2D eigenvalue weighted by Gasteiger charge is -2.10. The van der Waals surface area contributed by atoms with Gasteiger partial charge in [-0.05, 0) is 42.5 Å². The number of furan rings is 1. The van der Waals surface area contributed by atoms with Crippen molar-refractivity contribution in [3.05, 3.63) is 98.1 Å². The second kappa shape index (κ2) is 10.3. The largest absolute Gasteiger partial charge is 0.463 e. The Morgan fingerprint density at radius 3 is 2.51 bits per heavy atom. The molecule has 2 aromatic carbocycles. The average molecular weight is 526 g/mol. The first kappa shape index (κ1) is 25.1. The number of nitrogens with one attached hydrogen (secondary N) is 1. The summed E-state index contributed by atoms with van der Waals surface area (Å²) >= 11 is 5.83. The van der Waals surface area contributed by atoms with Crippen LogP contribution in [0.4, 0.5) is 10.5 Å². The summed E-state index contributed by atoms with van der Waals surface area (Å²) in [5.41, 5.74) is -0.680. The van der Waals surface area contributed by atoms with E-state index in [0.717, 1.165) is 17.0 Å². The number of methoxy groups -OCH3 is 1. The summed E-state index contributed by atoms with van der Waals surface area (Å²) in [6.45, 7) is -0.299. The summed E-state index contributed by atoms with van der Waals surface area (Å²) in [6.07, 6.45) is 1.15. The van der Waals surface area contributed by atoms with Crippen molar-refractivity contribution in [3.63, 3.8) is 0 Å². The van der Waals surface area contributed by atoms with Gasteiger partial charge >= 0.3 is 23.7 Å². The molecule has 3 aromatic rings. The molecule has 1 saturated heterocycles. The van der Waals surface area contributed by atoms with Gasteiger partial charge in [0, 0.05) is 16.7 Å². The van der Waals surface area contributed by atoms with Gasteiger partial charge in [0.1, 0.15) is 11.5 Å². The van der Waals surface area contributed by atoms with Crippen molar-refractivity contribution in [1.82, 2.24) is 10.2 Å². The predicted molar refractivity (Wildman–Crippen MR) is 127 cm³/mol. The van der Waals surface area contributed by atoms with E-state index in [1.54, 1.807) is 0 Å². The fraction of sp³-hybridized carbons (Fsp3) is 0.0833. The normalized spacial score (nSPS) is 14.0. The quantitative estimate of drug-likeness (QED) is 0.120. The van der Waals surface area contributed by atoms with Gasteiger partial charge in [0.2, 0.25) is 11.5 Å². The number of carbonyl (C=O) groups excluding carboxylic acids is 4. The van der Waals surface area contributed by atoms with Crippen LogP contribution in [0.25, 0.3) is 6.08 Å². The van der Waals surface area contributed by atoms with Crippen LogP contribution in [0.3, 0.4) is 0 Å². The Morgan fingerprint density at radius 1 is 1.11 bits per heavy atom. The van der Waals surface area contributed by atoms with Gasteiger partial charge in [-0.3, -0.25) is 19.8 Å². The van der Waals surface area contributed by atoms with Crippen LogP contribution in [0.15, 0.2) is 64.7 Å². The molecule has 0 unspecified atom stereocenters. The first-order valence-corrected chi connectivity index (χ1v) is 10.8. The van der Waals surface area contributed by atoms with E-state index in [-0.39, 0.29) is 34.9 Å². The number of ether oxygens (including phenoxy) is 2. The number of halogens is 1. The summed E-state index contributed by atoms with van der Waals surface area (Å²) < 4.78 is 15.2. The maximum Gasteiger partial charge on any atom is 0.373 e. The standard InChI is InChI=1S/C24H16ClN3O9/c1-35-23(31)19-10-9-16(36-19)12-27-21(29)17(26-24(27)32)11-14-3-2-4-18(28(33)34)20(14)37-22(30)13-5-7-15(25)8-6-13/h2-11H,12H2,1H3,(H,26,32)/b17-11-. The van der Waals surface area contributed by atoms with Crippen LogP contribution in [-0.2, 0) is 16.1 Å². The van der Waals surface area contributed by atoms with E-state index >= 15 is 0 Å². The Balaban J connectivity index is 1.62. The third-order valence-electron chi connectivity index (χ3n) is 5.12. The van der Waals surface area contributed by atoms with Gasteiger partial charge in [-0.15, -0.1) is 0 Å². The van der Waals surface area contributed by atoms with E-state index in [9.17, 15) is 29.3 Å². The Bertz CT molecular complexity index is 1460. The molecule has 0 aliphatic carbocycles. The maximum absolute atomic E-state index is 12.9. The molecule has 4 rings (SSSR count). The molecule has 13 heteroatoms. The molecule has 0 radical (unpaired) electrons. The van der Waals surface area contributed by atoms with E-state index in [1.807, 2.05) is 0 Å². The van der Waals surface area contributed by atoms with Crippen molar-refractivity contribution in [1.29, 1.82) is 0 Å². The molecule has 1 aromatic heterocycles. The van der Waals surface area contributed by atoms with Crippen molar-refractivity contribution < 1.29 is 38.0 Å². The highest BCUT2D eigenvalue weighted by atomic mass is 35.5. The van der Waals surface area contributed by atoms with E-state index in [0.29, 0.717) is 5.02 Å². The van der Waals surface area contributed by atoms with Crippen LogP contribution >= 0.6 is 11.6 Å². The highest BCUT2D eigenvalue weighted by Crippen LogP contribution is 2.34.